The fourth-order valence-electron chi connectivity index (χ4n) is 10.0. The van der Waals surface area contributed by atoms with E-state index >= 15 is 0 Å². The molecule has 4 saturated heterocycles. The monoisotopic (exact) mass is 875 g/mol. The molecule has 61 heavy (non-hydrogen) atoms. The predicted molar refractivity (Wildman–Crippen MR) is 218 cm³/mol. The molecule has 4 aliphatic heterocycles. The molecule has 4 fully saturated rings. The number of hydrogen-bond acceptors (Lipinski definition) is 18. The zero-order valence-electron chi connectivity index (χ0n) is 38.8. The largest absolute Gasteiger partial charge is 0.509 e. The third-order valence-electron chi connectivity index (χ3n) is 13.3. The lowest BCUT2D eigenvalue weighted by molar-refractivity contribution is -0.318. The van der Waals surface area contributed by atoms with E-state index in [2.05, 4.69) is 0 Å². The number of rotatable bonds is 9. The maximum Gasteiger partial charge on any atom is 0.509 e. The second-order valence-corrected chi connectivity index (χ2v) is 18.7. The van der Waals surface area contributed by atoms with Crippen LogP contribution in [-0.2, 0) is 57.0 Å². The molecule has 0 saturated carbocycles. The van der Waals surface area contributed by atoms with Crippen LogP contribution in [0.1, 0.15) is 102 Å². The van der Waals surface area contributed by atoms with E-state index < -0.39 is 114 Å². The van der Waals surface area contributed by atoms with Crippen molar-refractivity contribution >= 4 is 24.2 Å². The van der Waals surface area contributed by atoms with Crippen molar-refractivity contribution in [3.63, 3.8) is 0 Å². The van der Waals surface area contributed by atoms with E-state index in [4.69, 9.17) is 53.2 Å². The zero-order valence-corrected chi connectivity index (χ0v) is 38.8. The number of aliphatic hydroxyl groups is 1. The molecule has 0 aromatic heterocycles. The van der Waals surface area contributed by atoms with Gasteiger partial charge in [0.25, 0.3) is 0 Å². The van der Waals surface area contributed by atoms with Gasteiger partial charge >= 0.3 is 24.2 Å². The van der Waals surface area contributed by atoms with Crippen LogP contribution >= 0.6 is 0 Å². The van der Waals surface area contributed by atoms with Crippen LogP contribution in [0, 0.1) is 17.8 Å². The Labute approximate surface area is 361 Å². The first-order valence-electron chi connectivity index (χ1n) is 21.5. The van der Waals surface area contributed by atoms with E-state index in [1.165, 1.54) is 14.0 Å². The highest BCUT2D eigenvalue weighted by Gasteiger charge is 2.58. The molecule has 0 aromatic carbocycles. The Morgan fingerprint density at radius 3 is 2.20 bits per heavy atom. The predicted octanol–water partition coefficient (Wildman–Crippen LogP) is 3.26. The smallest absolute Gasteiger partial charge is 0.458 e. The number of nitrogens with two attached hydrogens (primary N) is 1. The van der Waals surface area contributed by atoms with Crippen LogP contribution in [0.5, 0.6) is 0 Å². The van der Waals surface area contributed by atoms with Crippen LogP contribution in [0.2, 0.25) is 0 Å². The summed E-state index contributed by atoms with van der Waals surface area (Å²) >= 11 is 0. The quantitative estimate of drug-likeness (QED) is 0.0994. The van der Waals surface area contributed by atoms with Gasteiger partial charge in [-0.3, -0.25) is 19.9 Å². The minimum atomic E-state index is -1.63. The normalized spacial score (nSPS) is 44.4. The first kappa shape index (κ1) is 50.8. The lowest BCUT2D eigenvalue weighted by Gasteiger charge is -2.49. The maximum atomic E-state index is 14.6. The number of amides is 1. The summed E-state index contributed by atoms with van der Waals surface area (Å²) in [6.07, 6.45) is -9.71. The number of nitrogens with zero attached hydrogens (tertiary/aromatic N) is 2. The first-order chi connectivity index (χ1) is 28.3. The standard InChI is InChI=1S/C42H74N4O15/c1-16-29-42(11)34(60-39(50)61-42)25(6)46(14)20-21(2)18-40(9,51)33(58-37-32(55-27(8)47)28(45(12)13)17-22(3)53-37)23(4)31(24(5)36(48)56-29)57-30-19-41(10,52-15)35(26(7)54-30)59-38(49)44-43/h21-26,28-35,37,51H,16-20,43H2,1-15H3,(H,44,49)/t21-,22-,23+,24-,25-,26+,28+,29-,30+,31+,32-,33-,34+,35+,37+,40-,41-,42-/m1/s1. The highest BCUT2D eigenvalue weighted by Crippen LogP contribution is 2.42. The van der Waals surface area contributed by atoms with E-state index in [0.29, 0.717) is 13.0 Å². The van der Waals surface area contributed by atoms with Crippen molar-refractivity contribution in [3.8, 4) is 0 Å². The van der Waals surface area contributed by atoms with Crippen LogP contribution in [0.15, 0.2) is 0 Å². The van der Waals surface area contributed by atoms with Gasteiger partial charge in [-0.1, -0.05) is 20.8 Å². The Balaban J connectivity index is 1.87. The summed E-state index contributed by atoms with van der Waals surface area (Å²) in [5, 5.41) is 12.8. The van der Waals surface area contributed by atoms with Crippen LogP contribution in [0.25, 0.3) is 0 Å². The molecule has 0 aromatic rings. The fourth-order valence-corrected chi connectivity index (χ4v) is 10.0. The Kier molecular flexibility index (Phi) is 16.9. The Bertz CT molecular complexity index is 1520. The summed E-state index contributed by atoms with van der Waals surface area (Å²) in [5.41, 5.74) is -2.16. The first-order valence-corrected chi connectivity index (χ1v) is 21.5. The van der Waals surface area contributed by atoms with Crippen LogP contribution in [0.4, 0.5) is 9.59 Å². The van der Waals surface area contributed by atoms with E-state index in [0.717, 1.165) is 0 Å². The number of fused-ring (bicyclic) bond motifs is 1. The minimum Gasteiger partial charge on any atom is -0.458 e. The third kappa shape index (κ3) is 11.4. The summed E-state index contributed by atoms with van der Waals surface area (Å²) in [7, 11) is 7.14. The molecule has 19 heteroatoms. The highest BCUT2D eigenvalue weighted by molar-refractivity contribution is 5.73. The summed E-state index contributed by atoms with van der Waals surface area (Å²) in [4.78, 5) is 56.3. The van der Waals surface area contributed by atoms with Gasteiger partial charge in [-0.15, -0.1) is 0 Å². The number of carbonyl (C=O) groups excluding carboxylic acids is 4. The van der Waals surface area contributed by atoms with Gasteiger partial charge in [0, 0.05) is 39.0 Å². The van der Waals surface area contributed by atoms with E-state index in [9.17, 15) is 24.3 Å². The SMILES string of the molecule is CC[C@H]1OC(=O)[C@H](C)[C@@H](O[C@H]2C[C@@](C)(OC)[C@@H](OC(=O)NN)[C@H](C)O2)[C@H](C)[C@@H](O[C@@H]2O[C@H](C)C[C@H](N(C)C)[C@H]2OC(C)=O)[C@](C)(O)C[C@@H](C)CN(C)[C@H](C)[C@@H]2OC(=O)O[C@]12C. The topological polar surface area (TPSA) is 225 Å². The molecule has 0 aliphatic carbocycles. The molecule has 0 radical (unpaired) electrons. The van der Waals surface area contributed by atoms with Crippen molar-refractivity contribution in [1.82, 2.24) is 15.2 Å². The molecule has 19 nitrogen and oxygen atoms in total. The summed E-state index contributed by atoms with van der Waals surface area (Å²) in [6.45, 7) is 19.7. The lowest BCUT2D eigenvalue weighted by Crippen LogP contribution is -2.61. The molecule has 1 amide bonds. The second kappa shape index (κ2) is 20.3. The summed E-state index contributed by atoms with van der Waals surface area (Å²) in [6, 6.07) is -0.686. The minimum absolute atomic E-state index is 0.0391. The number of esters is 2. The van der Waals surface area contributed by atoms with Crippen molar-refractivity contribution in [3.05, 3.63) is 0 Å². The fraction of sp³-hybridized carbons (Fsp3) is 0.905. The van der Waals surface area contributed by atoms with Gasteiger partial charge in [0.05, 0.1) is 42.0 Å². The van der Waals surface area contributed by atoms with Crippen LogP contribution < -0.4 is 11.3 Å². The molecule has 4 heterocycles. The molecular formula is C42H74N4O15. The number of nitrogens with one attached hydrogen (secondary N) is 1. The highest BCUT2D eigenvalue weighted by atomic mass is 16.8. The number of hydrogen-bond donors (Lipinski definition) is 3. The summed E-state index contributed by atoms with van der Waals surface area (Å²) in [5.74, 6) is 2.06. The van der Waals surface area contributed by atoms with Crippen molar-refractivity contribution in [2.24, 2.45) is 23.6 Å². The lowest BCUT2D eigenvalue weighted by atomic mass is 9.77. The average Bonchev–Trinajstić information content (AvgIpc) is 3.48. The van der Waals surface area contributed by atoms with Crippen molar-refractivity contribution in [2.45, 2.75) is 192 Å². The van der Waals surface area contributed by atoms with Gasteiger partial charge in [0.15, 0.2) is 36.5 Å². The van der Waals surface area contributed by atoms with E-state index in [1.807, 2.05) is 71.0 Å². The molecule has 18 atom stereocenters. The molecule has 0 spiro atoms. The average molecular weight is 875 g/mol. The number of cyclic esters (lactones) is 1. The number of methoxy groups -OCH3 is 1. The van der Waals surface area contributed by atoms with Gasteiger partial charge in [0.1, 0.15) is 11.7 Å². The number of likely N-dealkylation sites (N-methyl/N-ethyl adjacent to an activating group) is 2. The Morgan fingerprint density at radius 1 is 0.967 bits per heavy atom. The molecule has 0 unspecified atom stereocenters. The number of carbonyl (C=O) groups is 4. The van der Waals surface area contributed by atoms with Crippen LogP contribution in [0.3, 0.4) is 0 Å². The molecule has 4 N–H and O–H groups in total. The third-order valence-corrected chi connectivity index (χ3v) is 13.3. The Morgan fingerprint density at radius 2 is 1.62 bits per heavy atom. The van der Waals surface area contributed by atoms with Gasteiger partial charge < -0.3 is 57.4 Å². The van der Waals surface area contributed by atoms with Gasteiger partial charge in [-0.2, -0.15) is 0 Å². The number of ether oxygens (including phenoxy) is 10. The van der Waals surface area contributed by atoms with Gasteiger partial charge in [0.2, 0.25) is 0 Å². The van der Waals surface area contributed by atoms with Crippen molar-refractivity contribution in [1.29, 1.82) is 0 Å². The molecule has 4 aliphatic rings. The van der Waals surface area contributed by atoms with Crippen molar-refractivity contribution in [2.75, 3.05) is 34.8 Å². The molecular weight excluding hydrogens is 800 g/mol. The zero-order chi connectivity index (χ0) is 45.9. The van der Waals surface area contributed by atoms with E-state index in [1.54, 1.807) is 34.6 Å². The maximum absolute atomic E-state index is 14.6. The summed E-state index contributed by atoms with van der Waals surface area (Å²) < 4.78 is 61.9. The van der Waals surface area contributed by atoms with Gasteiger partial charge in [-0.05, 0) is 94.8 Å². The molecule has 4 rings (SSSR count). The Hall–Kier alpha value is -2.88. The molecule has 352 valence electrons. The number of hydrazine groups is 1. The van der Waals surface area contributed by atoms with Crippen LogP contribution in [-0.4, -0.2) is 164 Å². The van der Waals surface area contributed by atoms with Crippen molar-refractivity contribution < 1.29 is 71.7 Å². The van der Waals surface area contributed by atoms with Gasteiger partial charge in [-0.25, -0.2) is 15.4 Å². The van der Waals surface area contributed by atoms with E-state index in [-0.39, 0.29) is 37.3 Å². The second-order valence-electron chi connectivity index (χ2n) is 18.7. The molecule has 0 bridgehead atoms.